The number of halogens is 2. The Morgan fingerprint density at radius 1 is 1.50 bits per heavy atom. The summed E-state index contributed by atoms with van der Waals surface area (Å²) in [4.78, 5) is 0. The third-order valence-corrected chi connectivity index (χ3v) is 0. The molecular weight excluding hydrogens is 139 g/mol. The molecule has 0 aliphatic carbocycles. The summed E-state index contributed by atoms with van der Waals surface area (Å²) in [5.74, 6) is 0. The van der Waals surface area contributed by atoms with E-state index in [0.717, 1.165) is 0 Å². The normalized spacial score (nSPS) is 6.50. The van der Waals surface area contributed by atoms with Gasteiger partial charge in [0.05, 0.1) is 0 Å². The fraction of sp³-hybridized carbons (Fsp3) is 0. The van der Waals surface area contributed by atoms with Gasteiger partial charge in [-0.05, 0) is 0 Å². The number of hydrogen-bond acceptors (Lipinski definition) is 0. The Labute approximate surface area is 42.4 Å². The van der Waals surface area contributed by atoms with Gasteiger partial charge in [-0.15, -0.1) is 0 Å². The molecule has 25 valence electrons. The van der Waals surface area contributed by atoms with Gasteiger partial charge in [-0.25, -0.2) is 0 Å². The molecule has 0 saturated carbocycles. The third-order valence-electron chi connectivity index (χ3n) is 0. The van der Waals surface area contributed by atoms with Gasteiger partial charge >= 0.3 is 42.1 Å². The molecule has 0 aromatic carbocycles. The molecule has 0 atom stereocenters. The molecule has 3 heteroatoms. The summed E-state index contributed by atoms with van der Waals surface area (Å²) in [5, 5.41) is 0. The van der Waals surface area contributed by atoms with Gasteiger partial charge in [0.2, 0.25) is 0 Å². The maximum absolute atomic E-state index is 4.85. The van der Waals surface area contributed by atoms with E-state index in [1.807, 2.05) is 0 Å². The second-order valence-corrected chi connectivity index (χ2v) is 2.30. The van der Waals surface area contributed by atoms with Gasteiger partial charge < -0.3 is 0 Å². The zero-order valence-corrected chi connectivity index (χ0v) is 4.23. The maximum atomic E-state index is 4.85. The van der Waals surface area contributed by atoms with Crippen molar-refractivity contribution in [2.24, 2.45) is 0 Å². The summed E-state index contributed by atoms with van der Waals surface area (Å²) in [5.41, 5.74) is 0. The van der Waals surface area contributed by atoms with E-state index in [1.165, 1.54) is 0 Å². The first-order valence-electron chi connectivity index (χ1n) is 0.555. The summed E-state index contributed by atoms with van der Waals surface area (Å²) < 4.78 is 0.111. The van der Waals surface area contributed by atoms with Crippen LogP contribution in [-0.4, -0.2) is 3.34 Å². The second-order valence-electron chi connectivity index (χ2n) is 0.205. The Morgan fingerprint density at radius 2 is 1.50 bits per heavy atom. The summed E-state index contributed by atoms with van der Waals surface area (Å²) in [6, 6.07) is 0. The molecule has 0 rings (SSSR count). The van der Waals surface area contributed by atoms with Crippen LogP contribution in [0, 0.1) is 0 Å². The van der Waals surface area contributed by atoms with Crippen molar-refractivity contribution < 1.29 is 15.6 Å². The van der Waals surface area contributed by atoms with Crippen LogP contribution in [0.4, 0.5) is 0 Å². The molecule has 0 fully saturated rings. The van der Waals surface area contributed by atoms with Crippen molar-refractivity contribution in [1.82, 2.24) is 0 Å². The topological polar surface area (TPSA) is 0 Å². The van der Waals surface area contributed by atoms with Crippen LogP contribution < -0.4 is 0 Å². The molecule has 0 amide bonds. The van der Waals surface area contributed by atoms with E-state index in [0.29, 0.717) is 0 Å². The first-order chi connectivity index (χ1) is 1.73. The average molecular weight is 139 g/mol. The predicted octanol–water partition coefficient (Wildman–Crippen LogP) is 1.10. The van der Waals surface area contributed by atoms with Crippen LogP contribution in [0.5, 0.6) is 0 Å². The minimum atomic E-state index is 0.111. The summed E-state index contributed by atoms with van der Waals surface area (Å²) >= 11 is 12.8. The zero-order chi connectivity index (χ0) is 3.58. The van der Waals surface area contributed by atoms with Gasteiger partial charge in [-0.3, -0.25) is 0 Å². The van der Waals surface area contributed by atoms with Gasteiger partial charge in [-0.1, -0.05) is 0 Å². The van der Waals surface area contributed by atoms with Crippen molar-refractivity contribution in [2.75, 3.05) is 0 Å². The van der Waals surface area contributed by atoms with Crippen molar-refractivity contribution in [3.8, 4) is 0 Å². The Hall–Kier alpha value is 0.969. The van der Waals surface area contributed by atoms with Crippen LogP contribution >= 0.6 is 23.2 Å². The molecule has 0 aromatic heterocycles. The van der Waals surface area contributed by atoms with Gasteiger partial charge in [0.25, 0.3) is 0 Å². The van der Waals surface area contributed by atoms with Crippen LogP contribution in [0.15, 0.2) is 0 Å². The molecule has 0 bridgehead atoms. The average Bonchev–Trinajstić information content (AvgIpc) is 0.811. The molecule has 0 nitrogen and oxygen atoms in total. The van der Waals surface area contributed by atoms with Gasteiger partial charge in [0, 0.05) is 0 Å². The molecule has 0 spiro atoms. The molecule has 4 heavy (non-hydrogen) atoms. The third kappa shape index (κ3) is 12.3. The Morgan fingerprint density at radius 3 is 1.50 bits per heavy atom. The summed E-state index contributed by atoms with van der Waals surface area (Å²) in [6.07, 6.45) is 0. The van der Waals surface area contributed by atoms with E-state index in [1.54, 1.807) is 0 Å². The van der Waals surface area contributed by atoms with E-state index in [9.17, 15) is 0 Å². The van der Waals surface area contributed by atoms with Crippen molar-refractivity contribution in [3.05, 3.63) is 0 Å². The van der Waals surface area contributed by atoms with E-state index >= 15 is 0 Å². The summed E-state index contributed by atoms with van der Waals surface area (Å²) in [7, 11) is 0. The van der Waals surface area contributed by atoms with Gasteiger partial charge in [0.15, 0.2) is 0 Å². The van der Waals surface area contributed by atoms with Crippen LogP contribution in [0.1, 0.15) is 0 Å². The molecule has 0 saturated heterocycles. The molecular formula is CCl2Fe+. The molecule has 0 N–H and O–H groups in total. The monoisotopic (exact) mass is 138 g/mol. The van der Waals surface area contributed by atoms with Crippen LogP contribution in [0.3, 0.4) is 0 Å². The first-order valence-corrected chi connectivity index (χ1v) is 1.86. The Bertz CT molecular complexity index is 29.0. The van der Waals surface area contributed by atoms with E-state index < -0.39 is 0 Å². The van der Waals surface area contributed by atoms with Gasteiger partial charge in [0.1, 0.15) is 0 Å². The molecule has 0 unspecified atom stereocenters. The van der Waals surface area contributed by atoms with Crippen molar-refractivity contribution in [3.63, 3.8) is 0 Å². The fourth-order valence-corrected chi connectivity index (χ4v) is 0. The number of rotatable bonds is 0. The van der Waals surface area contributed by atoms with Crippen LogP contribution in [0.2, 0.25) is 0 Å². The molecule has 0 radical (unpaired) electrons. The minimum absolute atomic E-state index is 0.111. The Kier molecular flexibility index (Phi) is 2.76. The van der Waals surface area contributed by atoms with E-state index in [-0.39, 0.29) is 3.34 Å². The van der Waals surface area contributed by atoms with Gasteiger partial charge in [-0.2, -0.15) is 0 Å². The van der Waals surface area contributed by atoms with Crippen LogP contribution in [0.25, 0.3) is 0 Å². The van der Waals surface area contributed by atoms with Crippen molar-refractivity contribution in [2.45, 2.75) is 0 Å². The first kappa shape index (κ1) is 4.97. The van der Waals surface area contributed by atoms with E-state index in [2.05, 4.69) is 15.6 Å². The fourth-order valence-electron chi connectivity index (χ4n) is 0. The summed E-state index contributed by atoms with van der Waals surface area (Å²) in [6.45, 7) is 0. The van der Waals surface area contributed by atoms with Crippen LogP contribution in [-0.2, 0) is 15.6 Å². The molecule has 0 aromatic rings. The number of hydrogen-bond donors (Lipinski definition) is 0. The van der Waals surface area contributed by atoms with Crippen molar-refractivity contribution in [1.29, 1.82) is 0 Å². The standard InChI is InChI=1S/CCl2.Fe/c2-1-3;/q;+1. The quantitative estimate of drug-likeness (QED) is 0.440. The molecule has 0 aliphatic rings. The zero-order valence-electron chi connectivity index (χ0n) is 1.61. The Balaban J connectivity index is 2.80. The predicted molar refractivity (Wildman–Crippen MR) is 16.7 cm³/mol. The van der Waals surface area contributed by atoms with E-state index in [4.69, 9.17) is 23.2 Å². The molecule has 0 heterocycles. The van der Waals surface area contributed by atoms with Crippen molar-refractivity contribution >= 4 is 26.5 Å². The SMILES string of the molecule is Cl[C](Cl)=[Fe+]. The molecule has 0 aliphatic heterocycles. The second kappa shape index (κ2) is 2.22.